The van der Waals surface area contributed by atoms with Crippen molar-refractivity contribution in [2.24, 2.45) is 5.92 Å². The predicted octanol–water partition coefficient (Wildman–Crippen LogP) is 2.20. The zero-order valence-electron chi connectivity index (χ0n) is 11.9. The van der Waals surface area contributed by atoms with E-state index in [0.717, 1.165) is 30.9 Å². The maximum absolute atomic E-state index is 9.34. The predicted molar refractivity (Wildman–Crippen MR) is 81.2 cm³/mol. The lowest BCUT2D eigenvalue weighted by atomic mass is 9.99. The highest BCUT2D eigenvalue weighted by molar-refractivity contribution is 7.17. The average Bonchev–Trinajstić information content (AvgIpc) is 2.75. The zero-order valence-corrected chi connectivity index (χ0v) is 12.7. The number of thiophene rings is 1. The SMILES string of the molecule is CC(C)Oc1c(N2CCCC(CO)C2)sc(C#N)c1N. The van der Waals surface area contributed by atoms with Crippen LogP contribution in [0.25, 0.3) is 0 Å². The van der Waals surface area contributed by atoms with Crippen LogP contribution in [0.2, 0.25) is 0 Å². The topological polar surface area (TPSA) is 82.5 Å². The molecule has 0 aromatic carbocycles. The smallest absolute Gasteiger partial charge is 0.178 e. The Balaban J connectivity index is 2.32. The van der Waals surface area contributed by atoms with Gasteiger partial charge < -0.3 is 20.5 Å². The minimum Gasteiger partial charge on any atom is -0.486 e. The molecule has 1 aromatic rings. The molecule has 3 N–H and O–H groups in total. The fraction of sp³-hybridized carbons (Fsp3) is 0.643. The van der Waals surface area contributed by atoms with E-state index in [0.29, 0.717) is 16.3 Å². The monoisotopic (exact) mass is 295 g/mol. The van der Waals surface area contributed by atoms with Gasteiger partial charge in [0.1, 0.15) is 21.6 Å². The van der Waals surface area contributed by atoms with Gasteiger partial charge in [-0.25, -0.2) is 0 Å². The number of nitrogens with two attached hydrogens (primary N) is 1. The first-order valence-corrected chi connectivity index (χ1v) is 7.73. The molecule has 2 rings (SSSR count). The molecule has 6 heteroatoms. The molecular weight excluding hydrogens is 274 g/mol. The molecule has 1 unspecified atom stereocenters. The molecule has 110 valence electrons. The Morgan fingerprint density at radius 1 is 1.60 bits per heavy atom. The van der Waals surface area contributed by atoms with E-state index in [1.807, 2.05) is 13.8 Å². The molecule has 1 aromatic heterocycles. The van der Waals surface area contributed by atoms with E-state index in [1.165, 1.54) is 11.3 Å². The van der Waals surface area contributed by atoms with Crippen molar-refractivity contribution in [3.63, 3.8) is 0 Å². The lowest BCUT2D eigenvalue weighted by Crippen LogP contribution is -2.36. The van der Waals surface area contributed by atoms with Crippen molar-refractivity contribution in [2.75, 3.05) is 30.3 Å². The Hall–Kier alpha value is -1.45. The number of nitrogens with zero attached hydrogens (tertiary/aromatic N) is 2. The first kappa shape index (κ1) is 14.9. The van der Waals surface area contributed by atoms with Gasteiger partial charge in [0, 0.05) is 19.7 Å². The molecule has 0 amide bonds. The lowest BCUT2D eigenvalue weighted by Gasteiger charge is -2.33. The van der Waals surface area contributed by atoms with Gasteiger partial charge in [-0.05, 0) is 32.6 Å². The van der Waals surface area contributed by atoms with E-state index in [1.54, 1.807) is 0 Å². The van der Waals surface area contributed by atoms with Gasteiger partial charge >= 0.3 is 0 Å². The van der Waals surface area contributed by atoms with Crippen molar-refractivity contribution < 1.29 is 9.84 Å². The summed E-state index contributed by atoms with van der Waals surface area (Å²) in [4.78, 5) is 2.69. The van der Waals surface area contributed by atoms with Crippen LogP contribution < -0.4 is 15.4 Å². The van der Waals surface area contributed by atoms with Gasteiger partial charge in [-0.2, -0.15) is 5.26 Å². The number of aliphatic hydroxyl groups is 1. The van der Waals surface area contributed by atoms with Crippen LogP contribution in [0.15, 0.2) is 0 Å². The number of piperidine rings is 1. The number of rotatable bonds is 4. The summed E-state index contributed by atoms with van der Waals surface area (Å²) < 4.78 is 5.81. The fourth-order valence-electron chi connectivity index (χ4n) is 2.46. The van der Waals surface area contributed by atoms with Crippen molar-refractivity contribution >= 4 is 22.0 Å². The maximum Gasteiger partial charge on any atom is 0.178 e. The molecule has 0 bridgehead atoms. The third kappa shape index (κ3) is 3.00. The molecule has 0 spiro atoms. The van der Waals surface area contributed by atoms with Crippen molar-refractivity contribution in [1.82, 2.24) is 0 Å². The molecule has 0 saturated carbocycles. The highest BCUT2D eigenvalue weighted by Gasteiger charge is 2.27. The van der Waals surface area contributed by atoms with E-state index in [9.17, 15) is 5.11 Å². The van der Waals surface area contributed by atoms with Crippen LogP contribution in [0.1, 0.15) is 31.6 Å². The second-order valence-electron chi connectivity index (χ2n) is 5.39. The molecule has 20 heavy (non-hydrogen) atoms. The van der Waals surface area contributed by atoms with Gasteiger partial charge in [-0.3, -0.25) is 0 Å². The minimum atomic E-state index is 0.00984. The summed E-state index contributed by atoms with van der Waals surface area (Å²) >= 11 is 1.38. The Bertz CT molecular complexity index is 507. The summed E-state index contributed by atoms with van der Waals surface area (Å²) in [6, 6.07) is 2.13. The van der Waals surface area contributed by atoms with Gasteiger partial charge in [-0.1, -0.05) is 0 Å². The summed E-state index contributed by atoms with van der Waals surface area (Å²) in [7, 11) is 0. The number of aliphatic hydroxyl groups excluding tert-OH is 1. The summed E-state index contributed by atoms with van der Waals surface area (Å²) in [5.41, 5.74) is 6.46. The highest BCUT2D eigenvalue weighted by Crippen LogP contribution is 2.46. The van der Waals surface area contributed by atoms with Crippen LogP contribution in [-0.4, -0.2) is 30.9 Å². The zero-order chi connectivity index (χ0) is 14.7. The highest BCUT2D eigenvalue weighted by atomic mass is 32.1. The quantitative estimate of drug-likeness (QED) is 0.889. The van der Waals surface area contributed by atoms with Crippen LogP contribution in [0.5, 0.6) is 5.75 Å². The number of anilines is 2. The van der Waals surface area contributed by atoms with Crippen LogP contribution in [0.4, 0.5) is 10.7 Å². The fourth-order valence-corrected chi connectivity index (χ4v) is 3.44. The number of hydrogen-bond donors (Lipinski definition) is 2. The van der Waals surface area contributed by atoms with Gasteiger partial charge in [0.15, 0.2) is 5.75 Å². The Labute approximate surface area is 123 Å². The van der Waals surface area contributed by atoms with Crippen molar-refractivity contribution in [2.45, 2.75) is 32.8 Å². The first-order chi connectivity index (χ1) is 9.56. The second-order valence-corrected chi connectivity index (χ2v) is 6.39. The Morgan fingerprint density at radius 2 is 2.35 bits per heavy atom. The van der Waals surface area contributed by atoms with Gasteiger partial charge in [-0.15, -0.1) is 11.3 Å². The summed E-state index contributed by atoms with van der Waals surface area (Å²) in [6.45, 7) is 5.79. The molecule has 1 saturated heterocycles. The molecule has 0 radical (unpaired) electrons. The van der Waals surface area contributed by atoms with Crippen molar-refractivity contribution in [1.29, 1.82) is 5.26 Å². The van der Waals surface area contributed by atoms with Crippen molar-refractivity contribution in [3.8, 4) is 11.8 Å². The normalized spacial score (nSPS) is 19.1. The Kier molecular flexibility index (Phi) is 4.73. The van der Waals surface area contributed by atoms with Gasteiger partial charge in [0.25, 0.3) is 0 Å². The molecular formula is C14H21N3O2S. The first-order valence-electron chi connectivity index (χ1n) is 6.91. The van der Waals surface area contributed by atoms with E-state index < -0.39 is 0 Å². The van der Waals surface area contributed by atoms with Crippen LogP contribution in [0.3, 0.4) is 0 Å². The third-order valence-electron chi connectivity index (χ3n) is 3.40. The average molecular weight is 295 g/mol. The summed E-state index contributed by atoms with van der Waals surface area (Å²) in [5.74, 6) is 0.907. The number of nitrogen functional groups attached to an aromatic ring is 1. The van der Waals surface area contributed by atoms with Crippen LogP contribution in [-0.2, 0) is 0 Å². The van der Waals surface area contributed by atoms with Gasteiger partial charge in [0.2, 0.25) is 0 Å². The summed E-state index contributed by atoms with van der Waals surface area (Å²) in [5, 5.41) is 19.4. The van der Waals surface area contributed by atoms with E-state index in [4.69, 9.17) is 15.7 Å². The van der Waals surface area contributed by atoms with E-state index >= 15 is 0 Å². The molecule has 0 aliphatic carbocycles. The lowest BCUT2D eigenvalue weighted by molar-refractivity contribution is 0.207. The largest absolute Gasteiger partial charge is 0.486 e. The minimum absolute atomic E-state index is 0.00984. The van der Waals surface area contributed by atoms with Crippen LogP contribution in [0, 0.1) is 17.2 Å². The standard InChI is InChI=1S/C14H21N3O2S/c1-9(2)19-13-12(16)11(6-15)20-14(13)17-5-3-4-10(7-17)8-18/h9-10,18H,3-5,7-8,16H2,1-2H3. The molecule has 1 aliphatic rings. The third-order valence-corrected chi connectivity index (χ3v) is 4.55. The van der Waals surface area contributed by atoms with E-state index in [-0.39, 0.29) is 18.6 Å². The van der Waals surface area contributed by atoms with Gasteiger partial charge in [0.05, 0.1) is 6.10 Å². The molecule has 2 heterocycles. The number of ether oxygens (including phenoxy) is 1. The second kappa shape index (κ2) is 6.33. The molecule has 1 aliphatic heterocycles. The molecule has 1 fully saturated rings. The maximum atomic E-state index is 9.34. The van der Waals surface area contributed by atoms with Crippen molar-refractivity contribution in [3.05, 3.63) is 4.88 Å². The number of hydrogen-bond acceptors (Lipinski definition) is 6. The number of nitriles is 1. The molecule has 1 atom stereocenters. The molecule has 5 nitrogen and oxygen atoms in total. The van der Waals surface area contributed by atoms with Crippen LogP contribution >= 0.6 is 11.3 Å². The summed E-state index contributed by atoms with van der Waals surface area (Å²) in [6.07, 6.45) is 2.08. The Morgan fingerprint density at radius 3 is 2.95 bits per heavy atom. The van der Waals surface area contributed by atoms with E-state index in [2.05, 4.69) is 11.0 Å².